The lowest BCUT2D eigenvalue weighted by Gasteiger charge is -2.28. The summed E-state index contributed by atoms with van der Waals surface area (Å²) in [5.74, 6) is -0.615. The highest BCUT2D eigenvalue weighted by atomic mass is 19.3. The molecule has 0 aliphatic carbocycles. The molecule has 126 valence electrons. The fourth-order valence-electron chi connectivity index (χ4n) is 2.35. The second-order valence-electron chi connectivity index (χ2n) is 5.05. The van der Waals surface area contributed by atoms with Crippen LogP contribution in [0.25, 0.3) is 0 Å². The summed E-state index contributed by atoms with van der Waals surface area (Å²) in [6.07, 6.45) is -2.65. The number of hydrogen-bond donors (Lipinski definition) is 1. The van der Waals surface area contributed by atoms with Gasteiger partial charge in [-0.25, -0.2) is 8.78 Å². The number of amides is 2. The van der Waals surface area contributed by atoms with Gasteiger partial charge in [0.2, 0.25) is 5.91 Å². The van der Waals surface area contributed by atoms with Crippen molar-refractivity contribution in [2.45, 2.75) is 12.8 Å². The van der Waals surface area contributed by atoms with Crippen LogP contribution in [0.4, 0.5) is 20.2 Å². The highest BCUT2D eigenvalue weighted by molar-refractivity contribution is 5.96. The molecule has 0 radical (unpaired) electrons. The van der Waals surface area contributed by atoms with E-state index < -0.39 is 18.9 Å². The van der Waals surface area contributed by atoms with E-state index >= 15 is 0 Å². The van der Waals surface area contributed by atoms with Crippen molar-refractivity contribution in [2.24, 2.45) is 5.73 Å². The molecule has 1 aromatic carbocycles. The number of nitrogens with zero attached hydrogens (tertiary/aromatic N) is 2. The van der Waals surface area contributed by atoms with Crippen LogP contribution >= 0.6 is 0 Å². The van der Waals surface area contributed by atoms with Gasteiger partial charge in [-0.15, -0.1) is 0 Å². The smallest absolute Gasteiger partial charge is 0.256 e. The molecule has 1 saturated heterocycles. The van der Waals surface area contributed by atoms with Crippen molar-refractivity contribution in [3.8, 4) is 0 Å². The van der Waals surface area contributed by atoms with Crippen molar-refractivity contribution >= 4 is 23.2 Å². The molecule has 1 aliphatic rings. The Morgan fingerprint density at radius 3 is 2.61 bits per heavy atom. The molecule has 0 saturated carbocycles. The Kier molecular flexibility index (Phi) is 6.00. The van der Waals surface area contributed by atoms with E-state index in [-0.39, 0.29) is 25.5 Å². The first-order valence-corrected chi connectivity index (χ1v) is 7.29. The summed E-state index contributed by atoms with van der Waals surface area (Å²) in [7, 11) is 0. The quantitative estimate of drug-likeness (QED) is 0.846. The number of carbonyl (C=O) groups excluding carboxylic acids is 2. The summed E-state index contributed by atoms with van der Waals surface area (Å²) in [4.78, 5) is 26.3. The van der Waals surface area contributed by atoms with E-state index in [0.717, 1.165) is 4.90 Å². The van der Waals surface area contributed by atoms with Crippen LogP contribution in [0, 0.1) is 0 Å². The van der Waals surface area contributed by atoms with Crippen LogP contribution < -0.4 is 15.5 Å². The summed E-state index contributed by atoms with van der Waals surface area (Å²) >= 11 is 0. The summed E-state index contributed by atoms with van der Waals surface area (Å²) in [5, 5.41) is 0. The zero-order valence-electron chi connectivity index (χ0n) is 12.6. The van der Waals surface area contributed by atoms with Gasteiger partial charge in [-0.1, -0.05) is 0 Å². The second-order valence-corrected chi connectivity index (χ2v) is 5.05. The number of morpholine rings is 1. The Bertz CT molecular complexity index is 551. The molecule has 23 heavy (non-hydrogen) atoms. The maximum Gasteiger partial charge on any atom is 0.256 e. The molecule has 1 fully saturated rings. The van der Waals surface area contributed by atoms with E-state index in [4.69, 9.17) is 10.5 Å². The number of nitrogens with two attached hydrogens (primary N) is 1. The standard InChI is InChI=1S/C15H19F2N3O3/c16-13(17)9-20(14(21)5-6-18)12-3-1-11(2-4-12)19-7-8-23-10-15(19)22/h1-4,13H,5-10,18H2. The highest BCUT2D eigenvalue weighted by Crippen LogP contribution is 2.23. The number of benzene rings is 1. The molecule has 2 N–H and O–H groups in total. The van der Waals surface area contributed by atoms with E-state index in [9.17, 15) is 18.4 Å². The van der Waals surface area contributed by atoms with Crippen LogP contribution in [-0.2, 0) is 14.3 Å². The third-order valence-electron chi connectivity index (χ3n) is 3.44. The molecule has 1 aromatic rings. The molecule has 0 aromatic heterocycles. The van der Waals surface area contributed by atoms with Crippen LogP contribution in [-0.4, -0.2) is 51.1 Å². The van der Waals surface area contributed by atoms with Gasteiger partial charge in [-0.2, -0.15) is 0 Å². The van der Waals surface area contributed by atoms with E-state index in [1.165, 1.54) is 0 Å². The van der Waals surface area contributed by atoms with Crippen molar-refractivity contribution in [3.05, 3.63) is 24.3 Å². The topological polar surface area (TPSA) is 75.9 Å². The van der Waals surface area contributed by atoms with Crippen molar-refractivity contribution in [2.75, 3.05) is 42.6 Å². The molecule has 0 spiro atoms. The molecule has 0 atom stereocenters. The van der Waals surface area contributed by atoms with Gasteiger partial charge >= 0.3 is 0 Å². The van der Waals surface area contributed by atoms with E-state index in [1.807, 2.05) is 0 Å². The molecular formula is C15H19F2N3O3. The first-order chi connectivity index (χ1) is 11.0. The average molecular weight is 327 g/mol. The first kappa shape index (κ1) is 17.3. The van der Waals surface area contributed by atoms with E-state index in [1.54, 1.807) is 29.2 Å². The lowest BCUT2D eigenvalue weighted by molar-refractivity contribution is -0.125. The number of alkyl halides is 2. The SMILES string of the molecule is NCCC(=O)N(CC(F)F)c1ccc(N2CCOCC2=O)cc1. The van der Waals surface area contributed by atoms with Crippen molar-refractivity contribution in [1.29, 1.82) is 0 Å². The number of anilines is 2. The Balaban J connectivity index is 2.17. The maximum atomic E-state index is 12.7. The van der Waals surface area contributed by atoms with Crippen LogP contribution in [0.3, 0.4) is 0 Å². The minimum atomic E-state index is -2.64. The van der Waals surface area contributed by atoms with Crippen LogP contribution in [0.15, 0.2) is 24.3 Å². The number of carbonyl (C=O) groups is 2. The fourth-order valence-corrected chi connectivity index (χ4v) is 2.35. The summed E-state index contributed by atoms with van der Waals surface area (Å²) in [6, 6.07) is 6.36. The van der Waals surface area contributed by atoms with Gasteiger partial charge in [0.1, 0.15) is 6.61 Å². The lowest BCUT2D eigenvalue weighted by Crippen LogP contribution is -2.41. The summed E-state index contributed by atoms with van der Waals surface area (Å²) < 4.78 is 30.5. The zero-order valence-corrected chi connectivity index (χ0v) is 12.6. The molecule has 1 heterocycles. The molecule has 8 heteroatoms. The van der Waals surface area contributed by atoms with E-state index in [0.29, 0.717) is 24.5 Å². The normalized spacial score (nSPS) is 15.1. The maximum absolute atomic E-state index is 12.7. The van der Waals surface area contributed by atoms with Gasteiger partial charge in [0.05, 0.1) is 13.2 Å². The number of hydrogen-bond acceptors (Lipinski definition) is 4. The van der Waals surface area contributed by atoms with Crippen LogP contribution in [0.2, 0.25) is 0 Å². The van der Waals surface area contributed by atoms with Crippen LogP contribution in [0.5, 0.6) is 0 Å². The minimum Gasteiger partial charge on any atom is -0.370 e. The van der Waals surface area contributed by atoms with Gasteiger partial charge in [0.15, 0.2) is 0 Å². The van der Waals surface area contributed by atoms with Gasteiger partial charge in [0, 0.05) is 30.9 Å². The third-order valence-corrected chi connectivity index (χ3v) is 3.44. The molecule has 2 rings (SSSR count). The van der Waals surface area contributed by atoms with Gasteiger partial charge in [0.25, 0.3) is 12.3 Å². The number of ether oxygens (including phenoxy) is 1. The zero-order chi connectivity index (χ0) is 16.8. The largest absolute Gasteiger partial charge is 0.370 e. The Hall–Kier alpha value is -2.06. The van der Waals surface area contributed by atoms with Gasteiger partial charge in [-0.05, 0) is 24.3 Å². The van der Waals surface area contributed by atoms with Crippen molar-refractivity contribution in [3.63, 3.8) is 0 Å². The Morgan fingerprint density at radius 1 is 1.35 bits per heavy atom. The van der Waals surface area contributed by atoms with Crippen molar-refractivity contribution < 1.29 is 23.1 Å². The molecular weight excluding hydrogens is 308 g/mol. The van der Waals surface area contributed by atoms with E-state index in [2.05, 4.69) is 0 Å². The highest BCUT2D eigenvalue weighted by Gasteiger charge is 2.22. The summed E-state index contributed by atoms with van der Waals surface area (Å²) in [5.41, 5.74) is 6.32. The monoisotopic (exact) mass is 327 g/mol. The Labute approximate surface area is 132 Å². The minimum absolute atomic E-state index is 0.00355. The predicted octanol–water partition coefficient (Wildman–Crippen LogP) is 0.997. The molecule has 2 amide bonds. The average Bonchev–Trinajstić information content (AvgIpc) is 2.53. The Morgan fingerprint density at radius 2 is 2.04 bits per heavy atom. The third kappa shape index (κ3) is 4.46. The predicted molar refractivity (Wildman–Crippen MR) is 81.6 cm³/mol. The second kappa shape index (κ2) is 7.98. The molecule has 6 nitrogen and oxygen atoms in total. The van der Waals surface area contributed by atoms with Crippen LogP contribution in [0.1, 0.15) is 6.42 Å². The first-order valence-electron chi connectivity index (χ1n) is 7.29. The number of rotatable bonds is 6. The number of halogens is 2. The van der Waals surface area contributed by atoms with Gasteiger partial charge in [-0.3, -0.25) is 9.59 Å². The van der Waals surface area contributed by atoms with Crippen molar-refractivity contribution in [1.82, 2.24) is 0 Å². The fraction of sp³-hybridized carbons (Fsp3) is 0.467. The lowest BCUT2D eigenvalue weighted by atomic mass is 10.2. The molecule has 0 bridgehead atoms. The molecule has 1 aliphatic heterocycles. The molecule has 0 unspecified atom stereocenters. The summed E-state index contributed by atoms with van der Waals surface area (Å²) in [6.45, 7) is 0.312. The van der Waals surface area contributed by atoms with Gasteiger partial charge < -0.3 is 20.3 Å².